The summed E-state index contributed by atoms with van der Waals surface area (Å²) in [6, 6.07) is 5.54. The molecule has 23 heavy (non-hydrogen) atoms. The van der Waals surface area contributed by atoms with E-state index in [4.69, 9.17) is 15.6 Å². The minimum Gasteiger partial charge on any atom is -0.448 e. The molecule has 1 aromatic carbocycles. The normalized spacial score (nSPS) is 11.7. The van der Waals surface area contributed by atoms with Crippen LogP contribution in [0.2, 0.25) is 0 Å². The maximum atomic E-state index is 12.3. The number of esters is 1. The Bertz CT molecular complexity index is 574. The minimum absolute atomic E-state index is 0.0982. The summed E-state index contributed by atoms with van der Waals surface area (Å²) in [6.07, 6.45) is -1.15. The zero-order valence-electron chi connectivity index (χ0n) is 13.0. The highest BCUT2D eigenvalue weighted by molar-refractivity contribution is 6.00. The van der Waals surface area contributed by atoms with Gasteiger partial charge in [0.15, 0.2) is 6.10 Å². The number of nitrogens with one attached hydrogen (secondary N) is 2. The van der Waals surface area contributed by atoms with Gasteiger partial charge in [0.05, 0.1) is 12.2 Å². The predicted octanol–water partition coefficient (Wildman–Crippen LogP) is 0.467. The fourth-order valence-electron chi connectivity index (χ4n) is 1.87. The lowest BCUT2D eigenvalue weighted by atomic mass is 10.1. The Morgan fingerprint density at radius 3 is 2.48 bits per heavy atom. The van der Waals surface area contributed by atoms with Crippen molar-refractivity contribution in [3.63, 3.8) is 0 Å². The monoisotopic (exact) mass is 323 g/mol. The number of benzene rings is 1. The molecule has 5 N–H and O–H groups in total. The smallest absolute Gasteiger partial charge is 0.341 e. The predicted molar refractivity (Wildman–Crippen MR) is 83.8 cm³/mol. The van der Waals surface area contributed by atoms with Crippen LogP contribution in [-0.4, -0.2) is 42.3 Å². The van der Waals surface area contributed by atoms with Gasteiger partial charge in [0.1, 0.15) is 0 Å². The molecule has 126 valence electrons. The fourth-order valence-corrected chi connectivity index (χ4v) is 1.87. The van der Waals surface area contributed by atoms with E-state index in [0.717, 1.165) is 0 Å². The number of aliphatic hydroxyl groups excluding tert-OH is 1. The van der Waals surface area contributed by atoms with Gasteiger partial charge in [-0.1, -0.05) is 26.0 Å². The highest BCUT2D eigenvalue weighted by Gasteiger charge is 2.28. The van der Waals surface area contributed by atoms with E-state index in [9.17, 15) is 14.4 Å². The molecule has 0 heterocycles. The van der Waals surface area contributed by atoms with Crippen molar-refractivity contribution < 1.29 is 24.2 Å². The Balaban J connectivity index is 2.91. The number of rotatable bonds is 7. The number of carbonyl (C=O) groups excluding carboxylic acids is 3. The number of hydrogen-bond donors (Lipinski definition) is 4. The molecular formula is C15H21N3O5. The van der Waals surface area contributed by atoms with E-state index in [1.807, 2.05) is 5.32 Å². The number of carbonyl (C=O) groups is 3. The molecule has 0 saturated carbocycles. The summed E-state index contributed by atoms with van der Waals surface area (Å²) in [5, 5.41) is 13.6. The molecule has 0 unspecified atom stereocenters. The first-order chi connectivity index (χ1) is 10.9. The highest BCUT2D eigenvalue weighted by atomic mass is 16.5. The molecule has 0 aliphatic rings. The van der Waals surface area contributed by atoms with Crippen molar-refractivity contribution in [1.29, 1.82) is 0 Å². The van der Waals surface area contributed by atoms with Crippen molar-refractivity contribution in [2.24, 2.45) is 11.7 Å². The summed E-state index contributed by atoms with van der Waals surface area (Å²) in [4.78, 5) is 35.0. The highest BCUT2D eigenvalue weighted by Crippen LogP contribution is 2.18. The van der Waals surface area contributed by atoms with E-state index in [0.29, 0.717) is 5.69 Å². The Kier molecular flexibility index (Phi) is 7.01. The van der Waals surface area contributed by atoms with E-state index in [2.05, 4.69) is 5.32 Å². The zero-order valence-corrected chi connectivity index (χ0v) is 13.0. The number of amides is 3. The molecule has 0 radical (unpaired) electrons. The van der Waals surface area contributed by atoms with Crippen LogP contribution >= 0.6 is 0 Å². The minimum atomic E-state index is -1.15. The van der Waals surface area contributed by atoms with Gasteiger partial charge in [-0.2, -0.15) is 0 Å². The van der Waals surface area contributed by atoms with Gasteiger partial charge in [0.2, 0.25) is 0 Å². The number of nitrogens with two attached hydrogens (primary N) is 1. The third-order valence-electron chi connectivity index (χ3n) is 2.92. The second-order valence-electron chi connectivity index (χ2n) is 5.12. The van der Waals surface area contributed by atoms with Crippen LogP contribution in [0.1, 0.15) is 24.2 Å². The maximum absolute atomic E-state index is 12.3. The lowest BCUT2D eigenvalue weighted by Gasteiger charge is -2.20. The molecule has 0 aromatic heterocycles. The molecule has 0 bridgehead atoms. The second-order valence-corrected chi connectivity index (χ2v) is 5.12. The van der Waals surface area contributed by atoms with Crippen molar-refractivity contribution in [3.8, 4) is 0 Å². The Hall–Kier alpha value is -2.61. The lowest BCUT2D eigenvalue weighted by molar-refractivity contribution is -0.130. The molecule has 0 fully saturated rings. The first-order valence-electron chi connectivity index (χ1n) is 7.11. The van der Waals surface area contributed by atoms with Gasteiger partial charge < -0.3 is 20.9 Å². The van der Waals surface area contributed by atoms with Crippen molar-refractivity contribution in [3.05, 3.63) is 29.8 Å². The lowest BCUT2D eigenvalue weighted by Crippen LogP contribution is -2.45. The number of anilines is 1. The molecule has 8 heteroatoms. The average Bonchev–Trinajstić information content (AvgIpc) is 2.49. The molecule has 0 aliphatic heterocycles. The van der Waals surface area contributed by atoms with E-state index < -0.39 is 24.0 Å². The third-order valence-corrected chi connectivity index (χ3v) is 2.92. The molecule has 0 spiro atoms. The van der Waals surface area contributed by atoms with E-state index in [1.165, 1.54) is 6.07 Å². The van der Waals surface area contributed by atoms with Crippen LogP contribution in [-0.2, 0) is 9.53 Å². The molecule has 1 rings (SSSR count). The summed E-state index contributed by atoms with van der Waals surface area (Å²) in [5.74, 6) is -1.85. The zero-order chi connectivity index (χ0) is 17.4. The molecule has 1 aromatic rings. The summed E-state index contributed by atoms with van der Waals surface area (Å²) in [5.41, 5.74) is 5.60. The quantitative estimate of drug-likeness (QED) is 0.539. The molecule has 8 nitrogen and oxygen atoms in total. The largest absolute Gasteiger partial charge is 0.448 e. The second kappa shape index (κ2) is 8.74. The molecular weight excluding hydrogens is 302 g/mol. The summed E-state index contributed by atoms with van der Waals surface area (Å²) in [7, 11) is 0. The third kappa shape index (κ3) is 5.59. The summed E-state index contributed by atoms with van der Waals surface area (Å²) in [6.45, 7) is 3.52. The number of hydrogen-bond acceptors (Lipinski definition) is 6. The fraction of sp³-hybridized carbons (Fsp3) is 0.400. The molecule has 0 aliphatic carbocycles. The average molecular weight is 323 g/mol. The number of urea groups is 1. The maximum Gasteiger partial charge on any atom is 0.341 e. The van der Waals surface area contributed by atoms with Crippen LogP contribution in [0.3, 0.4) is 0 Å². The van der Waals surface area contributed by atoms with Crippen molar-refractivity contribution in [2.45, 2.75) is 20.0 Å². The number of ether oxygens (including phenoxy) is 1. The standard InChI is InChI=1S/C15H21N3O5/c1-9(2)12(13(20)18-15(16)22)23-14(21)10-5-3-4-6-11(10)17-7-8-19/h3-6,9,12,17,19H,7-8H2,1-2H3,(H3,16,18,20,22)/t12-/m1/s1. The van der Waals surface area contributed by atoms with Gasteiger partial charge in [-0.3, -0.25) is 10.1 Å². The summed E-state index contributed by atoms with van der Waals surface area (Å²) >= 11 is 0. The van der Waals surface area contributed by atoms with Gasteiger partial charge in [-0.25, -0.2) is 9.59 Å². The molecule has 1 atom stereocenters. The number of para-hydroxylation sites is 1. The SMILES string of the molecule is CC(C)[C@@H](OC(=O)c1ccccc1NCCO)C(=O)NC(N)=O. The Morgan fingerprint density at radius 1 is 1.26 bits per heavy atom. The first-order valence-corrected chi connectivity index (χ1v) is 7.11. The number of imide groups is 1. The van der Waals surface area contributed by atoms with Gasteiger partial charge in [-0.05, 0) is 18.1 Å². The van der Waals surface area contributed by atoms with E-state index >= 15 is 0 Å². The topological polar surface area (TPSA) is 131 Å². The Morgan fingerprint density at radius 2 is 1.91 bits per heavy atom. The van der Waals surface area contributed by atoms with Gasteiger partial charge in [0, 0.05) is 12.2 Å². The van der Waals surface area contributed by atoms with Crippen LogP contribution in [0.15, 0.2) is 24.3 Å². The Labute approximate surface area is 134 Å². The van der Waals surface area contributed by atoms with E-state index in [1.54, 1.807) is 32.0 Å². The van der Waals surface area contributed by atoms with Crippen LogP contribution in [0.5, 0.6) is 0 Å². The van der Waals surface area contributed by atoms with E-state index in [-0.39, 0.29) is 24.6 Å². The van der Waals surface area contributed by atoms with Crippen LogP contribution in [0.25, 0.3) is 0 Å². The van der Waals surface area contributed by atoms with Crippen molar-refractivity contribution >= 4 is 23.6 Å². The van der Waals surface area contributed by atoms with Gasteiger partial charge >= 0.3 is 12.0 Å². The van der Waals surface area contributed by atoms with Gasteiger partial charge in [-0.15, -0.1) is 0 Å². The molecule has 0 saturated heterocycles. The first kappa shape index (κ1) is 18.4. The van der Waals surface area contributed by atoms with Crippen molar-refractivity contribution in [1.82, 2.24) is 5.32 Å². The number of aliphatic hydroxyl groups is 1. The molecule has 3 amide bonds. The number of primary amides is 1. The van der Waals surface area contributed by atoms with Crippen LogP contribution in [0.4, 0.5) is 10.5 Å². The van der Waals surface area contributed by atoms with Crippen molar-refractivity contribution in [2.75, 3.05) is 18.5 Å². The van der Waals surface area contributed by atoms with Crippen LogP contribution < -0.4 is 16.4 Å². The summed E-state index contributed by atoms with van der Waals surface area (Å²) < 4.78 is 5.22. The van der Waals surface area contributed by atoms with Crippen LogP contribution in [0, 0.1) is 5.92 Å². The van der Waals surface area contributed by atoms with Gasteiger partial charge in [0.25, 0.3) is 5.91 Å².